The topological polar surface area (TPSA) is 70.9 Å². The molecule has 4 nitrogen and oxygen atoms in total. The molecule has 1 heterocycles. The lowest BCUT2D eigenvalue weighted by atomic mass is 10.3. The van der Waals surface area contributed by atoms with Crippen molar-refractivity contribution in [3.05, 3.63) is 34.8 Å². The molecule has 0 aliphatic carbocycles. The summed E-state index contributed by atoms with van der Waals surface area (Å²) in [6, 6.07) is 1.74. The highest BCUT2D eigenvalue weighted by molar-refractivity contribution is 5.64. The van der Waals surface area contributed by atoms with Crippen molar-refractivity contribution in [2.24, 2.45) is 0 Å². The lowest BCUT2D eigenvalue weighted by Gasteiger charge is -2.04. The average Bonchev–Trinajstić information content (AvgIpc) is 2.13. The van der Waals surface area contributed by atoms with Crippen LogP contribution in [0.3, 0.4) is 0 Å². The minimum atomic E-state index is -0.259. The Balaban J connectivity index is 2.77. The molecule has 1 aromatic heterocycles. The van der Waals surface area contributed by atoms with E-state index in [1.165, 1.54) is 0 Å². The highest BCUT2D eigenvalue weighted by atomic mass is 16.1. The third kappa shape index (κ3) is 2.37. The van der Waals surface area contributed by atoms with Crippen LogP contribution in [-0.4, -0.2) is 11.5 Å². The van der Waals surface area contributed by atoms with E-state index in [1.807, 2.05) is 19.1 Å². The summed E-state index contributed by atoms with van der Waals surface area (Å²) in [6.07, 6.45) is 5.44. The number of aromatic amines is 1. The Morgan fingerprint density at radius 1 is 1.69 bits per heavy atom. The van der Waals surface area contributed by atoms with Gasteiger partial charge in [0.25, 0.3) is 5.56 Å². The van der Waals surface area contributed by atoms with Crippen LogP contribution in [0.1, 0.15) is 6.92 Å². The number of anilines is 2. The minimum Gasteiger partial charge on any atom is -0.393 e. The van der Waals surface area contributed by atoms with Crippen LogP contribution in [-0.2, 0) is 0 Å². The van der Waals surface area contributed by atoms with E-state index in [0.29, 0.717) is 12.2 Å². The van der Waals surface area contributed by atoms with Gasteiger partial charge in [0.15, 0.2) is 0 Å². The molecule has 1 rings (SSSR count). The number of H-pyrrole nitrogens is 1. The van der Waals surface area contributed by atoms with Gasteiger partial charge in [-0.2, -0.15) is 0 Å². The summed E-state index contributed by atoms with van der Waals surface area (Å²) >= 11 is 0. The summed E-state index contributed by atoms with van der Waals surface area (Å²) in [4.78, 5) is 13.5. The largest absolute Gasteiger partial charge is 0.393 e. The fraction of sp³-hybridized carbons (Fsp3) is 0.222. The van der Waals surface area contributed by atoms with Crippen molar-refractivity contribution in [1.29, 1.82) is 0 Å². The zero-order valence-electron chi connectivity index (χ0n) is 7.50. The molecular weight excluding hydrogens is 166 g/mol. The predicted molar refractivity (Wildman–Crippen MR) is 54.8 cm³/mol. The minimum absolute atomic E-state index is 0.229. The van der Waals surface area contributed by atoms with Gasteiger partial charge in [-0.1, -0.05) is 12.2 Å². The lowest BCUT2D eigenvalue weighted by Crippen LogP contribution is -2.14. The van der Waals surface area contributed by atoms with E-state index in [9.17, 15) is 4.79 Å². The SMILES string of the molecule is C/C=C/CNc1cc[nH]c(=O)c1N. The first-order chi connectivity index (χ1) is 6.25. The number of aromatic nitrogens is 1. The second-order valence-electron chi connectivity index (χ2n) is 2.58. The van der Waals surface area contributed by atoms with E-state index in [4.69, 9.17) is 5.73 Å². The van der Waals surface area contributed by atoms with E-state index in [0.717, 1.165) is 0 Å². The van der Waals surface area contributed by atoms with E-state index >= 15 is 0 Å². The molecular formula is C9H13N3O. The number of pyridine rings is 1. The van der Waals surface area contributed by atoms with E-state index in [1.54, 1.807) is 12.3 Å². The maximum Gasteiger partial charge on any atom is 0.273 e. The van der Waals surface area contributed by atoms with Gasteiger partial charge in [0.05, 0.1) is 5.69 Å². The maximum absolute atomic E-state index is 11.0. The van der Waals surface area contributed by atoms with Gasteiger partial charge >= 0.3 is 0 Å². The van der Waals surface area contributed by atoms with Crippen molar-refractivity contribution in [2.75, 3.05) is 17.6 Å². The quantitative estimate of drug-likeness (QED) is 0.605. The van der Waals surface area contributed by atoms with Gasteiger partial charge in [0.1, 0.15) is 5.69 Å². The first kappa shape index (κ1) is 9.38. The molecule has 4 N–H and O–H groups in total. The molecule has 0 saturated heterocycles. The molecule has 0 radical (unpaired) electrons. The molecule has 1 aromatic rings. The number of allylic oxidation sites excluding steroid dienone is 1. The monoisotopic (exact) mass is 179 g/mol. The number of rotatable bonds is 3. The molecule has 4 heteroatoms. The summed E-state index contributed by atoms with van der Waals surface area (Å²) in [5.74, 6) is 0. The van der Waals surface area contributed by atoms with Gasteiger partial charge in [0.2, 0.25) is 0 Å². The summed E-state index contributed by atoms with van der Waals surface area (Å²) < 4.78 is 0. The van der Waals surface area contributed by atoms with Crippen LogP contribution in [0.15, 0.2) is 29.2 Å². The van der Waals surface area contributed by atoms with Crippen LogP contribution in [0.5, 0.6) is 0 Å². The smallest absolute Gasteiger partial charge is 0.273 e. The van der Waals surface area contributed by atoms with Gasteiger partial charge < -0.3 is 16.0 Å². The third-order valence-corrected chi connectivity index (χ3v) is 1.65. The summed E-state index contributed by atoms with van der Waals surface area (Å²) in [5, 5.41) is 3.02. The number of nitrogens with one attached hydrogen (secondary N) is 2. The van der Waals surface area contributed by atoms with Crippen LogP contribution >= 0.6 is 0 Å². The molecule has 0 aliphatic rings. The molecule has 0 unspecified atom stereocenters. The number of hydrogen-bond donors (Lipinski definition) is 3. The van der Waals surface area contributed by atoms with Crippen molar-refractivity contribution in [3.63, 3.8) is 0 Å². The molecule has 0 aliphatic heterocycles. The molecule has 13 heavy (non-hydrogen) atoms. The average molecular weight is 179 g/mol. The number of hydrogen-bond acceptors (Lipinski definition) is 3. The molecule has 0 spiro atoms. The highest BCUT2D eigenvalue weighted by Crippen LogP contribution is 2.10. The van der Waals surface area contributed by atoms with Gasteiger partial charge in [-0.3, -0.25) is 4.79 Å². The fourth-order valence-electron chi connectivity index (χ4n) is 0.931. The Kier molecular flexibility index (Phi) is 3.14. The fourth-order valence-corrected chi connectivity index (χ4v) is 0.931. The van der Waals surface area contributed by atoms with Crippen LogP contribution in [0.4, 0.5) is 11.4 Å². The van der Waals surface area contributed by atoms with E-state index < -0.39 is 0 Å². The molecule has 0 atom stereocenters. The summed E-state index contributed by atoms with van der Waals surface area (Å²) in [6.45, 7) is 2.60. The first-order valence-electron chi connectivity index (χ1n) is 4.08. The Morgan fingerprint density at radius 3 is 3.15 bits per heavy atom. The maximum atomic E-state index is 11.0. The van der Waals surface area contributed by atoms with E-state index in [2.05, 4.69) is 10.3 Å². The normalized spacial score (nSPS) is 10.5. The summed E-state index contributed by atoms with van der Waals surface area (Å²) in [7, 11) is 0. The molecule has 0 saturated carbocycles. The summed E-state index contributed by atoms with van der Waals surface area (Å²) in [5.41, 5.74) is 6.17. The zero-order chi connectivity index (χ0) is 9.68. The third-order valence-electron chi connectivity index (χ3n) is 1.65. The van der Waals surface area contributed by atoms with Gasteiger partial charge in [-0.15, -0.1) is 0 Å². The number of nitrogen functional groups attached to an aromatic ring is 1. The van der Waals surface area contributed by atoms with E-state index in [-0.39, 0.29) is 11.2 Å². The number of nitrogens with two attached hydrogens (primary N) is 1. The second-order valence-corrected chi connectivity index (χ2v) is 2.58. The van der Waals surface area contributed by atoms with Crippen molar-refractivity contribution in [3.8, 4) is 0 Å². The van der Waals surface area contributed by atoms with Crippen molar-refractivity contribution in [2.45, 2.75) is 6.92 Å². The highest BCUT2D eigenvalue weighted by Gasteiger charge is 1.99. The van der Waals surface area contributed by atoms with Crippen LogP contribution in [0.2, 0.25) is 0 Å². The predicted octanol–water partition coefficient (Wildman–Crippen LogP) is 0.945. The van der Waals surface area contributed by atoms with Crippen LogP contribution in [0, 0.1) is 0 Å². The van der Waals surface area contributed by atoms with Crippen LogP contribution < -0.4 is 16.6 Å². The zero-order valence-corrected chi connectivity index (χ0v) is 7.50. The molecule has 0 bridgehead atoms. The van der Waals surface area contributed by atoms with Gasteiger partial charge in [0, 0.05) is 12.7 Å². The van der Waals surface area contributed by atoms with Crippen LogP contribution in [0.25, 0.3) is 0 Å². The van der Waals surface area contributed by atoms with Crippen molar-refractivity contribution >= 4 is 11.4 Å². The molecule has 0 amide bonds. The van der Waals surface area contributed by atoms with Gasteiger partial charge in [-0.25, -0.2) is 0 Å². The molecule has 0 fully saturated rings. The van der Waals surface area contributed by atoms with Crippen molar-refractivity contribution in [1.82, 2.24) is 4.98 Å². The Morgan fingerprint density at radius 2 is 2.46 bits per heavy atom. The lowest BCUT2D eigenvalue weighted by molar-refractivity contribution is 1.22. The van der Waals surface area contributed by atoms with Gasteiger partial charge in [-0.05, 0) is 13.0 Å². The standard InChI is InChI=1S/C9H13N3O/c1-2-3-5-11-7-4-6-12-9(13)8(7)10/h2-4,6H,5,10H2,1H3,(H2,11,12,13)/b3-2+. The first-order valence-corrected chi connectivity index (χ1v) is 4.08. The molecule has 70 valence electrons. The Labute approximate surface area is 76.5 Å². The Bertz CT molecular complexity index is 354. The second kappa shape index (κ2) is 4.35. The molecule has 0 aromatic carbocycles. The van der Waals surface area contributed by atoms with Crippen molar-refractivity contribution < 1.29 is 0 Å². The Hall–Kier alpha value is -1.71.